The van der Waals surface area contributed by atoms with Crippen LogP contribution in [0, 0.1) is 6.92 Å². The van der Waals surface area contributed by atoms with E-state index in [1.165, 1.54) is 10.3 Å². The first kappa shape index (κ1) is 9.41. The molecule has 0 N–H and O–H groups in total. The molecule has 0 aliphatic rings. The lowest BCUT2D eigenvalue weighted by molar-refractivity contribution is 1.01. The van der Waals surface area contributed by atoms with Gasteiger partial charge in [0.15, 0.2) is 0 Å². The lowest BCUT2D eigenvalue weighted by Gasteiger charge is -1.97. The zero-order valence-corrected chi connectivity index (χ0v) is 9.10. The SMILES string of the molecule is C=CCCc1ccc2sc(C)nc2c1. The minimum atomic E-state index is 1.04. The summed E-state index contributed by atoms with van der Waals surface area (Å²) in [5.74, 6) is 0. The van der Waals surface area contributed by atoms with Crippen molar-refractivity contribution in [1.82, 2.24) is 4.98 Å². The van der Waals surface area contributed by atoms with Gasteiger partial charge in [-0.3, -0.25) is 0 Å². The number of hydrogen-bond donors (Lipinski definition) is 0. The van der Waals surface area contributed by atoms with Crippen LogP contribution in [0.25, 0.3) is 10.2 Å². The van der Waals surface area contributed by atoms with Gasteiger partial charge in [0.2, 0.25) is 0 Å². The van der Waals surface area contributed by atoms with E-state index in [-0.39, 0.29) is 0 Å². The van der Waals surface area contributed by atoms with Crippen molar-refractivity contribution in [3.8, 4) is 0 Å². The van der Waals surface area contributed by atoms with Gasteiger partial charge in [-0.1, -0.05) is 12.1 Å². The molecule has 2 heteroatoms. The van der Waals surface area contributed by atoms with Gasteiger partial charge in [0.25, 0.3) is 0 Å². The third kappa shape index (κ3) is 1.85. The minimum Gasteiger partial charge on any atom is -0.242 e. The molecule has 0 aliphatic carbocycles. The number of hydrogen-bond acceptors (Lipinski definition) is 2. The fraction of sp³-hybridized carbons (Fsp3) is 0.250. The molecule has 2 aromatic rings. The molecule has 0 aliphatic heterocycles. The van der Waals surface area contributed by atoms with Crippen molar-refractivity contribution in [1.29, 1.82) is 0 Å². The summed E-state index contributed by atoms with van der Waals surface area (Å²) < 4.78 is 1.28. The number of fused-ring (bicyclic) bond motifs is 1. The standard InChI is InChI=1S/C12H13NS/c1-3-4-5-10-6-7-12-11(8-10)13-9(2)14-12/h3,6-8H,1,4-5H2,2H3. The molecular formula is C12H13NS. The normalized spacial score (nSPS) is 10.6. The van der Waals surface area contributed by atoms with Gasteiger partial charge in [-0.15, -0.1) is 17.9 Å². The third-order valence-electron chi connectivity index (χ3n) is 2.20. The van der Waals surface area contributed by atoms with Crippen LogP contribution in [0.15, 0.2) is 30.9 Å². The van der Waals surface area contributed by atoms with Crippen molar-refractivity contribution in [2.75, 3.05) is 0 Å². The average molecular weight is 203 g/mol. The molecule has 1 heterocycles. The lowest BCUT2D eigenvalue weighted by Crippen LogP contribution is -1.82. The monoisotopic (exact) mass is 203 g/mol. The van der Waals surface area contributed by atoms with Crippen LogP contribution in [-0.4, -0.2) is 4.98 Å². The summed E-state index contributed by atoms with van der Waals surface area (Å²) in [7, 11) is 0. The molecule has 0 saturated heterocycles. The Kier molecular flexibility index (Phi) is 2.64. The highest BCUT2D eigenvalue weighted by Crippen LogP contribution is 2.22. The van der Waals surface area contributed by atoms with Crippen molar-refractivity contribution in [2.24, 2.45) is 0 Å². The van der Waals surface area contributed by atoms with Gasteiger partial charge < -0.3 is 0 Å². The Balaban J connectivity index is 2.35. The van der Waals surface area contributed by atoms with Gasteiger partial charge in [0.1, 0.15) is 0 Å². The number of nitrogens with zero attached hydrogens (tertiary/aromatic N) is 1. The van der Waals surface area contributed by atoms with E-state index in [1.54, 1.807) is 11.3 Å². The number of thiazole rings is 1. The Hall–Kier alpha value is -1.15. The Bertz CT molecular complexity index is 456. The average Bonchev–Trinajstić information content (AvgIpc) is 2.54. The lowest BCUT2D eigenvalue weighted by atomic mass is 10.1. The summed E-state index contributed by atoms with van der Waals surface area (Å²) in [6.07, 6.45) is 4.06. The number of aromatic nitrogens is 1. The van der Waals surface area contributed by atoms with Gasteiger partial charge in [-0.05, 0) is 37.5 Å². The number of allylic oxidation sites excluding steroid dienone is 1. The van der Waals surface area contributed by atoms with Gasteiger partial charge in [-0.2, -0.15) is 0 Å². The van der Waals surface area contributed by atoms with Crippen molar-refractivity contribution >= 4 is 21.6 Å². The Morgan fingerprint density at radius 2 is 2.36 bits per heavy atom. The zero-order valence-electron chi connectivity index (χ0n) is 8.29. The van der Waals surface area contributed by atoms with E-state index in [1.807, 2.05) is 13.0 Å². The summed E-state index contributed by atoms with van der Waals surface area (Å²) >= 11 is 1.75. The second-order valence-electron chi connectivity index (χ2n) is 3.36. The van der Waals surface area contributed by atoms with E-state index in [9.17, 15) is 0 Å². The van der Waals surface area contributed by atoms with Crippen LogP contribution in [0.2, 0.25) is 0 Å². The van der Waals surface area contributed by atoms with Crippen LogP contribution in [0.4, 0.5) is 0 Å². The zero-order chi connectivity index (χ0) is 9.97. The number of aryl methyl sites for hydroxylation is 2. The minimum absolute atomic E-state index is 1.04. The van der Waals surface area contributed by atoms with Crippen LogP contribution in [0.1, 0.15) is 17.0 Å². The van der Waals surface area contributed by atoms with Crippen LogP contribution < -0.4 is 0 Å². The largest absolute Gasteiger partial charge is 0.242 e. The molecule has 0 atom stereocenters. The highest BCUT2D eigenvalue weighted by molar-refractivity contribution is 7.18. The van der Waals surface area contributed by atoms with Crippen LogP contribution in [0.5, 0.6) is 0 Å². The Morgan fingerprint density at radius 3 is 3.14 bits per heavy atom. The van der Waals surface area contributed by atoms with E-state index in [2.05, 4.69) is 29.8 Å². The fourth-order valence-electron chi connectivity index (χ4n) is 1.51. The molecule has 1 nitrogen and oxygen atoms in total. The van der Waals surface area contributed by atoms with E-state index >= 15 is 0 Å². The third-order valence-corrected chi connectivity index (χ3v) is 3.15. The van der Waals surface area contributed by atoms with Crippen molar-refractivity contribution < 1.29 is 0 Å². The molecule has 72 valence electrons. The maximum absolute atomic E-state index is 4.47. The molecular weight excluding hydrogens is 190 g/mol. The molecule has 0 spiro atoms. The van der Waals surface area contributed by atoms with E-state index in [0.717, 1.165) is 23.4 Å². The summed E-state index contributed by atoms with van der Waals surface area (Å²) in [5.41, 5.74) is 2.48. The topological polar surface area (TPSA) is 12.9 Å². The molecule has 0 bridgehead atoms. The molecule has 0 unspecified atom stereocenters. The van der Waals surface area contributed by atoms with Gasteiger partial charge >= 0.3 is 0 Å². The van der Waals surface area contributed by atoms with Gasteiger partial charge in [0.05, 0.1) is 15.2 Å². The molecule has 0 fully saturated rings. The molecule has 0 radical (unpaired) electrons. The van der Waals surface area contributed by atoms with E-state index < -0.39 is 0 Å². The summed E-state index contributed by atoms with van der Waals surface area (Å²) in [6.45, 7) is 5.78. The summed E-state index contributed by atoms with van der Waals surface area (Å²) in [4.78, 5) is 4.47. The molecule has 14 heavy (non-hydrogen) atoms. The van der Waals surface area contributed by atoms with Crippen LogP contribution in [0.3, 0.4) is 0 Å². The quantitative estimate of drug-likeness (QED) is 0.693. The molecule has 1 aromatic heterocycles. The summed E-state index contributed by atoms with van der Waals surface area (Å²) in [6, 6.07) is 6.53. The first-order valence-corrected chi connectivity index (χ1v) is 5.58. The number of rotatable bonds is 3. The predicted octanol–water partition coefficient (Wildman–Crippen LogP) is 3.72. The van der Waals surface area contributed by atoms with Crippen molar-refractivity contribution in [3.05, 3.63) is 41.4 Å². The predicted molar refractivity (Wildman–Crippen MR) is 62.9 cm³/mol. The van der Waals surface area contributed by atoms with Crippen LogP contribution in [-0.2, 0) is 6.42 Å². The molecule has 0 saturated carbocycles. The first-order valence-electron chi connectivity index (χ1n) is 4.76. The molecule has 2 rings (SSSR count). The fourth-order valence-corrected chi connectivity index (χ4v) is 2.32. The second-order valence-corrected chi connectivity index (χ2v) is 4.60. The highest BCUT2D eigenvalue weighted by atomic mass is 32.1. The number of benzene rings is 1. The summed E-state index contributed by atoms with van der Waals surface area (Å²) in [5, 5.41) is 1.14. The highest BCUT2D eigenvalue weighted by Gasteiger charge is 2.00. The van der Waals surface area contributed by atoms with E-state index in [4.69, 9.17) is 0 Å². The Labute approximate surface area is 88.1 Å². The van der Waals surface area contributed by atoms with E-state index in [0.29, 0.717) is 0 Å². The van der Waals surface area contributed by atoms with Gasteiger partial charge in [-0.25, -0.2) is 4.98 Å². The van der Waals surface area contributed by atoms with Crippen LogP contribution >= 0.6 is 11.3 Å². The second kappa shape index (κ2) is 3.93. The van der Waals surface area contributed by atoms with Crippen molar-refractivity contribution in [3.63, 3.8) is 0 Å². The Morgan fingerprint density at radius 1 is 1.50 bits per heavy atom. The van der Waals surface area contributed by atoms with Crippen molar-refractivity contribution in [2.45, 2.75) is 19.8 Å². The van der Waals surface area contributed by atoms with Gasteiger partial charge in [0, 0.05) is 0 Å². The maximum Gasteiger partial charge on any atom is 0.0907 e. The molecule has 0 amide bonds. The molecule has 1 aromatic carbocycles. The first-order chi connectivity index (χ1) is 6.79. The smallest absolute Gasteiger partial charge is 0.0907 e. The maximum atomic E-state index is 4.47.